The van der Waals surface area contributed by atoms with Crippen molar-refractivity contribution in [3.05, 3.63) is 0 Å². The van der Waals surface area contributed by atoms with Crippen LogP contribution in [0.2, 0.25) is 0 Å². The fourth-order valence-corrected chi connectivity index (χ4v) is 0. The molecule has 29 heavy (non-hydrogen) atoms. The van der Waals surface area contributed by atoms with E-state index in [4.69, 9.17) is 47.0 Å². The van der Waals surface area contributed by atoms with Crippen molar-refractivity contribution in [3.8, 4) is 24.3 Å². The molecule has 0 aliphatic rings. The van der Waals surface area contributed by atoms with E-state index in [1.54, 1.807) is 24.3 Å². The third-order valence-corrected chi connectivity index (χ3v) is 1.70. The van der Waals surface area contributed by atoms with E-state index in [0.717, 1.165) is 0 Å². The van der Waals surface area contributed by atoms with Crippen LogP contribution in [0.4, 0.5) is 26.3 Å². The van der Waals surface area contributed by atoms with Gasteiger partial charge in [-0.05, 0) is 0 Å². The van der Waals surface area contributed by atoms with Crippen molar-refractivity contribution in [1.29, 1.82) is 21.0 Å². The van der Waals surface area contributed by atoms with Gasteiger partial charge in [0.2, 0.25) is 0 Å². The SMILES string of the molecule is CC#N.CC#N.CC#N.CC#N.O=S(=O)([O-])C(F)(F)F.O=S(=O)([O-])C(F)(F)F.[Ni+2]. The predicted molar refractivity (Wildman–Crippen MR) is 76.7 cm³/mol. The Morgan fingerprint density at radius 2 is 0.621 bits per heavy atom. The molecule has 0 unspecified atom stereocenters. The molecule has 0 aromatic heterocycles. The second-order valence-electron chi connectivity index (χ2n) is 2.69. The fourth-order valence-electron chi connectivity index (χ4n) is 0. The minimum atomic E-state index is -6.09. The van der Waals surface area contributed by atoms with Gasteiger partial charge in [-0.25, -0.2) is 16.8 Å². The molecule has 0 heterocycles. The van der Waals surface area contributed by atoms with Crippen LogP contribution in [0.25, 0.3) is 0 Å². The van der Waals surface area contributed by atoms with Crippen LogP contribution in [0.1, 0.15) is 27.7 Å². The van der Waals surface area contributed by atoms with E-state index in [9.17, 15) is 26.3 Å². The van der Waals surface area contributed by atoms with Gasteiger partial charge in [-0.2, -0.15) is 47.4 Å². The molecule has 10 nitrogen and oxygen atoms in total. The molecule has 0 aromatic rings. The van der Waals surface area contributed by atoms with Crippen molar-refractivity contribution >= 4 is 20.2 Å². The molecule has 0 saturated carbocycles. The molecule has 0 bridgehead atoms. The molecule has 0 N–H and O–H groups in total. The Kier molecular flexibility index (Phi) is 37.5. The fraction of sp³-hybridized carbons (Fsp3) is 0.600. The Morgan fingerprint density at radius 3 is 0.621 bits per heavy atom. The summed E-state index contributed by atoms with van der Waals surface area (Å²) in [5.74, 6) is 0. The zero-order valence-corrected chi connectivity index (χ0v) is 17.3. The summed E-state index contributed by atoms with van der Waals surface area (Å²) in [6.45, 7) is 5.72. The third kappa shape index (κ3) is 58.5. The van der Waals surface area contributed by atoms with Crippen LogP contribution in [-0.4, -0.2) is 37.0 Å². The Labute approximate surface area is 173 Å². The van der Waals surface area contributed by atoms with Gasteiger partial charge in [0.15, 0.2) is 20.2 Å². The van der Waals surface area contributed by atoms with Crippen LogP contribution < -0.4 is 0 Å². The monoisotopic (exact) mass is 520 g/mol. The van der Waals surface area contributed by atoms with E-state index in [2.05, 4.69) is 0 Å². The molecule has 0 fully saturated rings. The molecule has 0 spiro atoms. The molecule has 0 rings (SSSR count). The van der Waals surface area contributed by atoms with E-state index >= 15 is 0 Å². The van der Waals surface area contributed by atoms with Crippen molar-refractivity contribution < 1.29 is 68.8 Å². The van der Waals surface area contributed by atoms with Gasteiger partial charge in [0, 0.05) is 27.7 Å². The van der Waals surface area contributed by atoms with E-state index in [1.165, 1.54) is 27.7 Å². The molecule has 0 saturated heterocycles. The van der Waals surface area contributed by atoms with E-state index in [1.807, 2.05) is 0 Å². The van der Waals surface area contributed by atoms with Crippen LogP contribution >= 0.6 is 0 Å². The summed E-state index contributed by atoms with van der Waals surface area (Å²) in [6.07, 6.45) is 0. The number of hydrogen-bond acceptors (Lipinski definition) is 10. The van der Waals surface area contributed by atoms with Gasteiger partial charge in [0.05, 0.1) is 24.3 Å². The van der Waals surface area contributed by atoms with E-state index in [-0.39, 0.29) is 16.5 Å². The summed E-state index contributed by atoms with van der Waals surface area (Å²) in [6, 6.07) is 7.00. The molecule has 0 aliphatic carbocycles. The van der Waals surface area contributed by atoms with Gasteiger partial charge >= 0.3 is 27.5 Å². The average Bonchev–Trinajstić information content (AvgIpc) is 2.38. The number of rotatable bonds is 0. The second-order valence-corrected chi connectivity index (χ2v) is 5.44. The maximum Gasteiger partial charge on any atom is 2.00 e. The van der Waals surface area contributed by atoms with E-state index in [0.29, 0.717) is 0 Å². The molecule has 19 heteroatoms. The minimum Gasteiger partial charge on any atom is -0.741 e. The van der Waals surface area contributed by atoms with Gasteiger partial charge in [0.1, 0.15) is 0 Å². The normalized spacial score (nSPS) is 8.83. The topological polar surface area (TPSA) is 210 Å². The number of hydrogen-bond donors (Lipinski definition) is 0. The number of nitrogens with zero attached hydrogens (tertiary/aromatic N) is 4. The summed E-state index contributed by atoms with van der Waals surface area (Å²) in [4.78, 5) is 0. The summed E-state index contributed by atoms with van der Waals surface area (Å²) in [7, 11) is -12.2. The first-order valence-corrected chi connectivity index (χ1v) is 8.25. The van der Waals surface area contributed by atoms with Gasteiger partial charge < -0.3 is 9.11 Å². The zero-order valence-electron chi connectivity index (χ0n) is 14.6. The van der Waals surface area contributed by atoms with Gasteiger partial charge in [-0.15, -0.1) is 0 Å². The molecule has 0 radical (unpaired) electrons. The molecular weight excluding hydrogens is 509 g/mol. The summed E-state index contributed by atoms with van der Waals surface area (Å²) >= 11 is 0. The Balaban J connectivity index is -0.0000000429. The van der Waals surface area contributed by atoms with Crippen molar-refractivity contribution in [1.82, 2.24) is 0 Å². The minimum absolute atomic E-state index is 0. The summed E-state index contributed by atoms with van der Waals surface area (Å²) < 4.78 is 118. The van der Waals surface area contributed by atoms with E-state index < -0.39 is 31.3 Å². The molecular formula is C10H12F6N4NiO6S2. The molecule has 0 aromatic carbocycles. The standard InChI is InChI=1S/4C2H3N.2CHF3O3S.Ni/c4*1-2-3;2*2-1(3,4)8(5,6)7;/h4*1H3;2*(H,5,6,7);/q;;;;;;+2/p-2. The van der Waals surface area contributed by atoms with Gasteiger partial charge in [0.25, 0.3) is 0 Å². The molecule has 0 aliphatic heterocycles. The van der Waals surface area contributed by atoms with Crippen LogP contribution in [0.15, 0.2) is 0 Å². The summed E-state index contributed by atoms with van der Waals surface area (Å²) in [5, 5.41) is 29.3. The number of alkyl halides is 6. The first kappa shape index (κ1) is 45.5. The van der Waals surface area contributed by atoms with Crippen LogP contribution in [0, 0.1) is 45.3 Å². The quantitative estimate of drug-likeness (QED) is 0.196. The third-order valence-electron chi connectivity index (χ3n) is 0.567. The number of nitriles is 4. The van der Waals surface area contributed by atoms with Crippen molar-refractivity contribution in [2.45, 2.75) is 38.7 Å². The maximum atomic E-state index is 10.7. The second kappa shape index (κ2) is 23.9. The van der Waals surface area contributed by atoms with Crippen LogP contribution in [0.5, 0.6) is 0 Å². The largest absolute Gasteiger partial charge is 2.00 e. The predicted octanol–water partition coefficient (Wildman–Crippen LogP) is 2.22. The zero-order chi connectivity index (χ0) is 24.8. The van der Waals surface area contributed by atoms with Crippen molar-refractivity contribution in [3.63, 3.8) is 0 Å². The van der Waals surface area contributed by atoms with Gasteiger partial charge in [-0.3, -0.25) is 0 Å². The van der Waals surface area contributed by atoms with Gasteiger partial charge in [-0.1, -0.05) is 0 Å². The molecule has 0 atom stereocenters. The first-order chi connectivity index (χ1) is 12.2. The summed E-state index contributed by atoms with van der Waals surface area (Å²) in [5.41, 5.74) is -11.3. The average molecular weight is 521 g/mol. The van der Waals surface area contributed by atoms with Crippen molar-refractivity contribution in [2.24, 2.45) is 0 Å². The molecule has 172 valence electrons. The van der Waals surface area contributed by atoms with Crippen molar-refractivity contribution in [2.75, 3.05) is 0 Å². The van der Waals surface area contributed by atoms with Crippen LogP contribution in [0.3, 0.4) is 0 Å². The molecule has 0 amide bonds. The Hall–Kier alpha value is -2.15. The first-order valence-electron chi connectivity index (χ1n) is 5.44. The Morgan fingerprint density at radius 1 is 0.586 bits per heavy atom. The number of halogens is 6. The smallest absolute Gasteiger partial charge is 0.741 e. The Bertz CT molecular complexity index is 665. The van der Waals surface area contributed by atoms with Crippen LogP contribution in [-0.2, 0) is 36.7 Å². The maximum absolute atomic E-state index is 10.7.